The average Bonchev–Trinajstić information content (AvgIpc) is 1.93. The summed E-state index contributed by atoms with van der Waals surface area (Å²) in [6.07, 6.45) is 3.83. The van der Waals surface area contributed by atoms with Crippen LogP contribution < -0.4 is 11.1 Å². The van der Waals surface area contributed by atoms with E-state index in [0.29, 0.717) is 6.04 Å². The predicted molar refractivity (Wildman–Crippen MR) is 43.0 cm³/mol. The van der Waals surface area contributed by atoms with Gasteiger partial charge in [-0.2, -0.15) is 0 Å². The molecule has 0 aliphatic heterocycles. The molecule has 11 heavy (non-hydrogen) atoms. The molecule has 2 N–H and O–H groups in total. The molecule has 0 unspecified atom stereocenters. The molecule has 0 saturated heterocycles. The zero-order chi connectivity index (χ0) is 8.27. The number of hydrogen-bond donors (Lipinski definition) is 1. The quantitative estimate of drug-likeness (QED) is 0.596. The standard InChI is InChI=1S/C8H15N2O/c1-6(11)10-8-4-2-7(9)3-5-8/h7-9H,2-5H2,1H3,(H,10,11)/t7-,8-. The van der Waals surface area contributed by atoms with Gasteiger partial charge in [0.2, 0.25) is 5.91 Å². The van der Waals surface area contributed by atoms with Crippen molar-refractivity contribution in [3.05, 3.63) is 0 Å². The molecular formula is C8H15N2O. The lowest BCUT2D eigenvalue weighted by atomic mass is 9.92. The summed E-state index contributed by atoms with van der Waals surface area (Å²) in [6, 6.07) is 0.453. The molecule has 0 heterocycles. The monoisotopic (exact) mass is 155 g/mol. The van der Waals surface area contributed by atoms with E-state index in [1.165, 1.54) is 0 Å². The summed E-state index contributed by atoms with van der Waals surface area (Å²) < 4.78 is 0. The Morgan fingerprint density at radius 3 is 2.36 bits per heavy atom. The zero-order valence-electron chi connectivity index (χ0n) is 6.89. The summed E-state index contributed by atoms with van der Waals surface area (Å²) in [5.74, 6) is 0.0541. The molecule has 0 spiro atoms. The van der Waals surface area contributed by atoms with Crippen LogP contribution in [0.4, 0.5) is 0 Å². The molecular weight excluding hydrogens is 140 g/mol. The molecule has 0 aromatic rings. The zero-order valence-corrected chi connectivity index (χ0v) is 6.89. The third kappa shape index (κ3) is 2.89. The van der Waals surface area contributed by atoms with Crippen LogP contribution in [-0.2, 0) is 4.79 Å². The fourth-order valence-electron chi connectivity index (χ4n) is 1.53. The molecule has 0 aromatic heterocycles. The topological polar surface area (TPSA) is 52.9 Å². The third-order valence-corrected chi connectivity index (χ3v) is 2.13. The molecule has 0 atom stereocenters. The Morgan fingerprint density at radius 2 is 1.91 bits per heavy atom. The molecule has 3 heteroatoms. The normalized spacial score (nSPS) is 31.5. The molecule has 63 valence electrons. The highest BCUT2D eigenvalue weighted by molar-refractivity contribution is 5.73. The number of carbonyl (C=O) groups excluding carboxylic acids is 1. The third-order valence-electron chi connectivity index (χ3n) is 2.13. The van der Waals surface area contributed by atoms with Gasteiger partial charge in [-0.1, -0.05) is 0 Å². The number of rotatable bonds is 1. The van der Waals surface area contributed by atoms with Crippen molar-refractivity contribution in [1.82, 2.24) is 11.1 Å². The lowest BCUT2D eigenvalue weighted by Crippen LogP contribution is -2.37. The van der Waals surface area contributed by atoms with Crippen LogP contribution in [0.5, 0.6) is 0 Å². The van der Waals surface area contributed by atoms with E-state index in [9.17, 15) is 4.79 Å². The smallest absolute Gasteiger partial charge is 0.217 e. The van der Waals surface area contributed by atoms with Crippen molar-refractivity contribution in [3.8, 4) is 0 Å². The van der Waals surface area contributed by atoms with E-state index < -0.39 is 0 Å². The summed E-state index contributed by atoms with van der Waals surface area (Å²) in [7, 11) is 0. The number of hydrogen-bond acceptors (Lipinski definition) is 1. The van der Waals surface area contributed by atoms with Crippen LogP contribution in [0.2, 0.25) is 0 Å². The summed E-state index contributed by atoms with van der Waals surface area (Å²) in [4.78, 5) is 10.6. The minimum absolute atomic E-state index is 0.0541. The van der Waals surface area contributed by atoms with Crippen LogP contribution in [0.25, 0.3) is 0 Å². The second kappa shape index (κ2) is 3.72. The lowest BCUT2D eigenvalue weighted by molar-refractivity contribution is -0.119. The lowest BCUT2D eigenvalue weighted by Gasteiger charge is -2.25. The fraction of sp³-hybridized carbons (Fsp3) is 0.875. The first-order valence-electron chi connectivity index (χ1n) is 4.16. The van der Waals surface area contributed by atoms with Crippen LogP contribution in [0.3, 0.4) is 0 Å². The summed E-state index contributed by atoms with van der Waals surface area (Å²) in [5.41, 5.74) is 7.43. The van der Waals surface area contributed by atoms with Gasteiger partial charge in [-0.05, 0) is 25.7 Å². The summed E-state index contributed by atoms with van der Waals surface area (Å²) in [5, 5.41) is 2.88. The van der Waals surface area contributed by atoms with Gasteiger partial charge in [0.1, 0.15) is 0 Å². The molecule has 0 aromatic carbocycles. The van der Waals surface area contributed by atoms with Crippen LogP contribution in [0, 0.1) is 0 Å². The Labute approximate surface area is 67.3 Å². The highest BCUT2D eigenvalue weighted by Gasteiger charge is 2.18. The van der Waals surface area contributed by atoms with Crippen LogP contribution in [0.15, 0.2) is 0 Å². The van der Waals surface area contributed by atoms with E-state index in [4.69, 9.17) is 5.73 Å². The first-order valence-corrected chi connectivity index (χ1v) is 4.16. The van der Waals surface area contributed by atoms with Crippen LogP contribution in [-0.4, -0.2) is 18.0 Å². The SMILES string of the molecule is CC(=O)N[C@H]1CC[C@H]([NH])CC1. The molecule has 3 nitrogen and oxygen atoms in total. The highest BCUT2D eigenvalue weighted by atomic mass is 16.1. The van der Waals surface area contributed by atoms with Gasteiger partial charge in [-0.3, -0.25) is 10.5 Å². The van der Waals surface area contributed by atoms with Gasteiger partial charge >= 0.3 is 0 Å². The first kappa shape index (κ1) is 8.53. The van der Waals surface area contributed by atoms with E-state index >= 15 is 0 Å². The molecule has 1 rings (SSSR count). The van der Waals surface area contributed by atoms with Gasteiger partial charge in [-0.25, -0.2) is 0 Å². The van der Waals surface area contributed by atoms with Crippen LogP contribution >= 0.6 is 0 Å². The Bertz CT molecular complexity index is 139. The van der Waals surface area contributed by atoms with Crippen molar-refractivity contribution >= 4 is 5.91 Å². The van der Waals surface area contributed by atoms with E-state index in [2.05, 4.69) is 5.32 Å². The largest absolute Gasteiger partial charge is 0.354 e. The van der Waals surface area contributed by atoms with Gasteiger partial charge < -0.3 is 5.32 Å². The van der Waals surface area contributed by atoms with Crippen molar-refractivity contribution in [2.24, 2.45) is 0 Å². The molecule has 1 fully saturated rings. The maximum absolute atomic E-state index is 10.6. The number of nitrogens with one attached hydrogen (secondary N) is 2. The molecule has 1 radical (unpaired) electrons. The van der Waals surface area contributed by atoms with Gasteiger partial charge in [0.25, 0.3) is 0 Å². The van der Waals surface area contributed by atoms with Gasteiger partial charge in [0, 0.05) is 19.0 Å². The van der Waals surface area contributed by atoms with E-state index in [-0.39, 0.29) is 11.9 Å². The van der Waals surface area contributed by atoms with E-state index in [1.807, 2.05) is 0 Å². The Hall–Kier alpha value is -0.570. The molecule has 1 aliphatic carbocycles. The second-order valence-corrected chi connectivity index (χ2v) is 3.25. The fourth-order valence-corrected chi connectivity index (χ4v) is 1.53. The second-order valence-electron chi connectivity index (χ2n) is 3.25. The summed E-state index contributed by atoms with van der Waals surface area (Å²) >= 11 is 0. The van der Waals surface area contributed by atoms with Gasteiger partial charge in [0.05, 0.1) is 0 Å². The first-order chi connectivity index (χ1) is 5.18. The minimum Gasteiger partial charge on any atom is -0.354 e. The molecule has 1 saturated carbocycles. The Balaban J connectivity index is 2.22. The maximum Gasteiger partial charge on any atom is 0.217 e. The Kier molecular flexibility index (Phi) is 2.88. The van der Waals surface area contributed by atoms with Crippen molar-refractivity contribution in [3.63, 3.8) is 0 Å². The van der Waals surface area contributed by atoms with Crippen molar-refractivity contribution < 1.29 is 4.79 Å². The molecule has 1 amide bonds. The minimum atomic E-state index is 0.0541. The Morgan fingerprint density at radius 1 is 1.36 bits per heavy atom. The highest BCUT2D eigenvalue weighted by Crippen LogP contribution is 2.17. The number of amides is 1. The van der Waals surface area contributed by atoms with E-state index in [1.54, 1.807) is 6.92 Å². The van der Waals surface area contributed by atoms with Crippen molar-refractivity contribution in [2.45, 2.75) is 44.7 Å². The van der Waals surface area contributed by atoms with E-state index in [0.717, 1.165) is 25.7 Å². The summed E-state index contributed by atoms with van der Waals surface area (Å²) in [6.45, 7) is 1.55. The predicted octanol–water partition coefficient (Wildman–Crippen LogP) is 0.717. The van der Waals surface area contributed by atoms with Crippen molar-refractivity contribution in [1.29, 1.82) is 0 Å². The maximum atomic E-state index is 10.6. The number of carbonyl (C=O) groups is 1. The van der Waals surface area contributed by atoms with Gasteiger partial charge in [0.15, 0.2) is 0 Å². The van der Waals surface area contributed by atoms with Crippen LogP contribution in [0.1, 0.15) is 32.6 Å². The molecule has 0 bridgehead atoms. The average molecular weight is 155 g/mol. The van der Waals surface area contributed by atoms with Crippen molar-refractivity contribution in [2.75, 3.05) is 0 Å². The molecule has 1 aliphatic rings. The van der Waals surface area contributed by atoms with Gasteiger partial charge in [-0.15, -0.1) is 0 Å².